The lowest BCUT2D eigenvalue weighted by molar-refractivity contribution is -0.251. The van der Waals surface area contributed by atoms with E-state index in [-0.39, 0.29) is 24.2 Å². The Hall–Kier alpha value is -4.32. The summed E-state index contributed by atoms with van der Waals surface area (Å²) in [7, 11) is 0. The number of ether oxygens (including phenoxy) is 6. The van der Waals surface area contributed by atoms with Crippen LogP contribution in [0.2, 0.25) is 0 Å². The van der Waals surface area contributed by atoms with Crippen molar-refractivity contribution in [1.29, 1.82) is 0 Å². The van der Waals surface area contributed by atoms with Crippen LogP contribution in [0.15, 0.2) is 48.6 Å². The monoisotopic (exact) mass is 680 g/mol. The minimum absolute atomic E-state index is 0.0867. The van der Waals surface area contributed by atoms with Gasteiger partial charge in [-0.15, -0.1) is 0 Å². The van der Waals surface area contributed by atoms with Crippen molar-refractivity contribution in [3.63, 3.8) is 0 Å². The number of epoxide rings is 1. The second-order valence-corrected chi connectivity index (χ2v) is 14.4. The van der Waals surface area contributed by atoms with Gasteiger partial charge >= 0.3 is 29.8 Å². The zero-order chi connectivity index (χ0) is 36.3. The molecule has 12 heteroatoms. The first-order valence-electron chi connectivity index (χ1n) is 16.4. The number of benzene rings is 1. The van der Waals surface area contributed by atoms with Crippen molar-refractivity contribution < 1.29 is 57.2 Å². The van der Waals surface area contributed by atoms with Crippen molar-refractivity contribution in [1.82, 2.24) is 0 Å². The highest BCUT2D eigenvalue weighted by Crippen LogP contribution is 2.72. The summed E-state index contributed by atoms with van der Waals surface area (Å²) in [5.74, 6) is -5.70. The van der Waals surface area contributed by atoms with Crippen molar-refractivity contribution in [3.05, 3.63) is 54.1 Å². The molecule has 0 radical (unpaired) electrons. The fourth-order valence-electron chi connectivity index (χ4n) is 8.99. The largest absolute Gasteiger partial charge is 0.462 e. The molecule has 1 aromatic carbocycles. The van der Waals surface area contributed by atoms with Crippen LogP contribution in [0.5, 0.6) is 0 Å². The van der Waals surface area contributed by atoms with Gasteiger partial charge in [0, 0.05) is 63.9 Å². The van der Waals surface area contributed by atoms with Crippen LogP contribution >= 0.6 is 0 Å². The second-order valence-electron chi connectivity index (χ2n) is 14.4. The van der Waals surface area contributed by atoms with Gasteiger partial charge in [-0.3, -0.25) is 24.0 Å². The first kappa shape index (κ1) is 36.0. The molecule has 5 rings (SSSR count). The van der Waals surface area contributed by atoms with E-state index in [4.69, 9.17) is 28.4 Å². The predicted octanol–water partition coefficient (Wildman–Crippen LogP) is 4.08. The standard InChI is InChI=1S/C37H44O12/c1-19-26(48-29(43)16-15-24-13-11-10-12-14-24)18-28(44-20(2)38)35(8)30(19)31(45-21(3)39)25-17-27(42)36(9)37(49-36,34(25,6)7)33(47-23(5)41)32(35)46-22(4)40/h10-16,25-26,28,30-33H,1,17-18H2,2-9H3. The number of carbonyl (C=O) groups is 6. The van der Waals surface area contributed by atoms with Crippen LogP contribution < -0.4 is 0 Å². The Kier molecular flexibility index (Phi) is 9.20. The number of hydrogen-bond donors (Lipinski definition) is 0. The maximum atomic E-state index is 14.0. The lowest BCUT2D eigenvalue weighted by Gasteiger charge is -2.61. The van der Waals surface area contributed by atoms with Gasteiger partial charge in [0.25, 0.3) is 0 Å². The molecular formula is C37H44O12. The molecule has 3 aliphatic carbocycles. The average molecular weight is 681 g/mol. The van der Waals surface area contributed by atoms with Crippen molar-refractivity contribution in [2.45, 2.75) is 110 Å². The van der Waals surface area contributed by atoms with Gasteiger partial charge in [-0.2, -0.15) is 0 Å². The number of hydrogen-bond acceptors (Lipinski definition) is 12. The van der Waals surface area contributed by atoms with E-state index >= 15 is 0 Å². The number of fused-ring (bicyclic) bond motifs is 2. The minimum atomic E-state index is -1.54. The van der Waals surface area contributed by atoms with Crippen LogP contribution in [-0.2, 0) is 57.2 Å². The maximum Gasteiger partial charge on any atom is 0.331 e. The molecule has 10 unspecified atom stereocenters. The third-order valence-corrected chi connectivity index (χ3v) is 11.1. The zero-order valence-corrected chi connectivity index (χ0v) is 29.1. The molecule has 2 bridgehead atoms. The predicted molar refractivity (Wildman–Crippen MR) is 172 cm³/mol. The van der Waals surface area contributed by atoms with Crippen LogP contribution in [0.1, 0.15) is 73.8 Å². The molecule has 10 atom stereocenters. The second kappa shape index (κ2) is 12.5. The van der Waals surface area contributed by atoms with Gasteiger partial charge in [0.2, 0.25) is 0 Å². The Morgan fingerprint density at radius 1 is 0.816 bits per heavy atom. The van der Waals surface area contributed by atoms with E-state index in [1.54, 1.807) is 19.9 Å². The van der Waals surface area contributed by atoms with Gasteiger partial charge < -0.3 is 28.4 Å². The van der Waals surface area contributed by atoms with Crippen molar-refractivity contribution in [2.24, 2.45) is 22.7 Å². The number of Topliss-reactive ketones (excluding diaryl/α,β-unsaturated/α-hetero) is 1. The van der Waals surface area contributed by atoms with Crippen molar-refractivity contribution >= 4 is 41.7 Å². The number of ketones is 1. The summed E-state index contributed by atoms with van der Waals surface area (Å²) >= 11 is 0. The highest BCUT2D eigenvalue weighted by atomic mass is 16.7. The van der Waals surface area contributed by atoms with Crippen LogP contribution in [0.25, 0.3) is 6.08 Å². The molecular weight excluding hydrogens is 636 g/mol. The summed E-state index contributed by atoms with van der Waals surface area (Å²) in [6, 6.07) is 9.11. The maximum absolute atomic E-state index is 14.0. The third-order valence-electron chi connectivity index (χ3n) is 11.1. The lowest BCUT2D eigenvalue weighted by atomic mass is 9.45. The van der Waals surface area contributed by atoms with E-state index < -0.39 is 94.2 Å². The molecule has 4 fully saturated rings. The molecule has 3 saturated carbocycles. The normalized spacial score (nSPS) is 37.3. The van der Waals surface area contributed by atoms with Crippen LogP contribution in [0.4, 0.5) is 0 Å². The summed E-state index contributed by atoms with van der Waals surface area (Å²) in [5, 5.41) is 0. The van der Waals surface area contributed by atoms with E-state index in [1.807, 2.05) is 44.2 Å². The van der Waals surface area contributed by atoms with E-state index in [2.05, 4.69) is 6.58 Å². The highest BCUT2D eigenvalue weighted by molar-refractivity contribution is 5.94. The average Bonchev–Trinajstić information content (AvgIpc) is 3.67. The fourth-order valence-corrected chi connectivity index (χ4v) is 8.99. The van der Waals surface area contributed by atoms with Crippen LogP contribution in [-0.4, -0.2) is 77.4 Å². The van der Waals surface area contributed by atoms with Gasteiger partial charge in [-0.05, 0) is 24.1 Å². The van der Waals surface area contributed by atoms with Gasteiger partial charge in [0.15, 0.2) is 29.2 Å². The molecule has 1 aliphatic heterocycles. The van der Waals surface area contributed by atoms with Crippen molar-refractivity contribution in [2.75, 3.05) is 0 Å². The molecule has 12 nitrogen and oxygen atoms in total. The molecule has 49 heavy (non-hydrogen) atoms. The lowest BCUT2D eigenvalue weighted by Crippen LogP contribution is -2.73. The SMILES string of the molecule is C=C1C(OC(=O)C=Cc2ccccc2)CC(OC(C)=O)C2(C)C(OC(C)=O)C(OC(C)=O)C34OC3(C)C(=O)CC(C(OC(C)=O)C12)C4(C)C. The topological polar surface area (TPSA) is 161 Å². The molecule has 1 saturated heterocycles. The highest BCUT2D eigenvalue weighted by Gasteiger charge is 2.88. The molecule has 0 aromatic heterocycles. The van der Waals surface area contributed by atoms with E-state index in [9.17, 15) is 28.8 Å². The molecule has 1 aromatic rings. The van der Waals surface area contributed by atoms with Gasteiger partial charge in [-0.1, -0.05) is 57.7 Å². The van der Waals surface area contributed by atoms with Gasteiger partial charge in [-0.25, -0.2) is 4.79 Å². The Balaban J connectivity index is 1.73. The molecule has 0 amide bonds. The summed E-state index contributed by atoms with van der Waals surface area (Å²) in [6.45, 7) is 16.1. The summed E-state index contributed by atoms with van der Waals surface area (Å²) < 4.78 is 36.6. The van der Waals surface area contributed by atoms with Crippen LogP contribution in [0.3, 0.4) is 0 Å². The molecule has 0 N–H and O–H groups in total. The Morgan fingerprint density at radius 2 is 1.39 bits per heavy atom. The first-order chi connectivity index (χ1) is 22.8. The quantitative estimate of drug-likeness (QED) is 0.134. The van der Waals surface area contributed by atoms with Crippen molar-refractivity contribution in [3.8, 4) is 0 Å². The molecule has 4 aliphatic rings. The molecule has 264 valence electrons. The summed E-state index contributed by atoms with van der Waals surface area (Å²) in [5.41, 5.74) is -4.54. The molecule has 1 spiro atoms. The third kappa shape index (κ3) is 5.77. The van der Waals surface area contributed by atoms with E-state index in [1.165, 1.54) is 33.8 Å². The number of rotatable bonds is 7. The van der Waals surface area contributed by atoms with E-state index in [0.29, 0.717) is 0 Å². The Morgan fingerprint density at radius 3 is 1.96 bits per heavy atom. The smallest absolute Gasteiger partial charge is 0.331 e. The Labute approximate surface area is 285 Å². The molecule has 1 heterocycles. The number of carbonyl (C=O) groups excluding carboxylic acids is 6. The first-order valence-corrected chi connectivity index (χ1v) is 16.4. The number of esters is 5. The zero-order valence-electron chi connectivity index (χ0n) is 29.1. The van der Waals surface area contributed by atoms with Crippen LogP contribution in [0, 0.1) is 22.7 Å². The Bertz CT molecular complexity index is 1610. The summed E-state index contributed by atoms with van der Waals surface area (Å²) in [4.78, 5) is 78.7. The minimum Gasteiger partial charge on any atom is -0.462 e. The van der Waals surface area contributed by atoms with Gasteiger partial charge in [0.1, 0.15) is 18.3 Å². The van der Waals surface area contributed by atoms with E-state index in [0.717, 1.165) is 5.56 Å². The fraction of sp³-hybridized carbons (Fsp3) is 0.568. The van der Waals surface area contributed by atoms with Gasteiger partial charge in [0.05, 0.1) is 5.41 Å². The summed E-state index contributed by atoms with van der Waals surface area (Å²) in [6.07, 6.45) is -3.56.